The number of nitrogens with zero attached hydrogens (tertiary/aromatic N) is 6. The van der Waals surface area contributed by atoms with Crippen LogP contribution in [0.2, 0.25) is 0 Å². The van der Waals surface area contributed by atoms with Crippen molar-refractivity contribution >= 4 is 5.91 Å². The average Bonchev–Trinajstić information content (AvgIpc) is 3.28. The van der Waals surface area contributed by atoms with Crippen molar-refractivity contribution in [2.45, 2.75) is 25.3 Å². The van der Waals surface area contributed by atoms with Crippen molar-refractivity contribution in [2.24, 2.45) is 5.73 Å². The number of hydrogen-bond donors (Lipinski definition) is 1. The molecular weight excluding hydrogens is 380 g/mol. The van der Waals surface area contributed by atoms with E-state index in [-0.39, 0.29) is 38.2 Å². The number of aromatic nitrogens is 5. The smallest absolute Gasteiger partial charge is 0.272 e. The summed E-state index contributed by atoms with van der Waals surface area (Å²) in [5, 5.41) is 7.70. The lowest BCUT2D eigenvalue weighted by molar-refractivity contribution is -0.0495. The first kappa shape index (κ1) is 19.1. The molecule has 10 heteroatoms. The van der Waals surface area contributed by atoms with Crippen LogP contribution in [-0.2, 0) is 6.54 Å². The molecule has 0 bridgehead atoms. The van der Waals surface area contributed by atoms with Crippen LogP contribution in [0.5, 0.6) is 0 Å². The van der Waals surface area contributed by atoms with E-state index in [4.69, 9.17) is 5.73 Å². The zero-order valence-corrected chi connectivity index (χ0v) is 15.5. The molecule has 1 saturated heterocycles. The van der Waals surface area contributed by atoms with Gasteiger partial charge in [0.1, 0.15) is 5.69 Å². The molecule has 0 aliphatic carbocycles. The van der Waals surface area contributed by atoms with Gasteiger partial charge in [0.2, 0.25) is 0 Å². The molecule has 1 aromatic carbocycles. The topological polar surface area (TPSA) is 103 Å². The lowest BCUT2D eigenvalue weighted by Crippen LogP contribution is -2.43. The van der Waals surface area contributed by atoms with Crippen LogP contribution in [0.25, 0.3) is 17.1 Å². The first-order valence-corrected chi connectivity index (χ1v) is 9.17. The third kappa shape index (κ3) is 4.11. The summed E-state index contributed by atoms with van der Waals surface area (Å²) in [6, 6.07) is 8.79. The third-order valence-corrected chi connectivity index (χ3v) is 4.80. The second-order valence-corrected chi connectivity index (χ2v) is 6.81. The van der Waals surface area contributed by atoms with E-state index in [0.29, 0.717) is 17.1 Å². The number of likely N-dealkylation sites (tertiary alicyclic amines) is 1. The molecule has 1 fully saturated rings. The molecule has 0 radical (unpaired) electrons. The lowest BCUT2D eigenvalue weighted by Gasteiger charge is -2.31. The van der Waals surface area contributed by atoms with Gasteiger partial charge in [0.25, 0.3) is 11.8 Å². The number of carbonyl (C=O) groups excluding carboxylic acids is 1. The minimum absolute atomic E-state index is 0.00424. The maximum Gasteiger partial charge on any atom is 0.272 e. The van der Waals surface area contributed by atoms with Gasteiger partial charge in [-0.15, -0.1) is 5.10 Å². The summed E-state index contributed by atoms with van der Waals surface area (Å²) in [6.07, 6.45) is 2.61. The molecule has 0 saturated carbocycles. The second kappa shape index (κ2) is 7.63. The zero-order valence-electron chi connectivity index (χ0n) is 15.5. The van der Waals surface area contributed by atoms with Gasteiger partial charge in [-0.05, 0) is 30.3 Å². The monoisotopic (exact) mass is 399 g/mol. The quantitative estimate of drug-likeness (QED) is 0.720. The largest absolute Gasteiger partial charge is 0.337 e. The van der Waals surface area contributed by atoms with Crippen LogP contribution in [0.1, 0.15) is 29.0 Å². The van der Waals surface area contributed by atoms with Gasteiger partial charge in [-0.2, -0.15) is 0 Å². The van der Waals surface area contributed by atoms with Gasteiger partial charge in [-0.3, -0.25) is 4.79 Å². The van der Waals surface area contributed by atoms with Crippen molar-refractivity contribution in [3.63, 3.8) is 0 Å². The van der Waals surface area contributed by atoms with Gasteiger partial charge < -0.3 is 10.6 Å². The van der Waals surface area contributed by atoms with E-state index >= 15 is 0 Å². The molecule has 1 aliphatic rings. The molecule has 8 nitrogen and oxygen atoms in total. The van der Waals surface area contributed by atoms with Crippen molar-refractivity contribution in [3.05, 3.63) is 54.1 Å². The van der Waals surface area contributed by atoms with Crippen molar-refractivity contribution < 1.29 is 13.6 Å². The Morgan fingerprint density at radius 3 is 2.48 bits per heavy atom. The summed E-state index contributed by atoms with van der Waals surface area (Å²) in [7, 11) is 0. The van der Waals surface area contributed by atoms with Gasteiger partial charge in [0, 0.05) is 38.0 Å². The molecule has 2 aromatic heterocycles. The molecule has 0 spiro atoms. The lowest BCUT2D eigenvalue weighted by atomic mass is 10.1. The zero-order chi connectivity index (χ0) is 20.4. The van der Waals surface area contributed by atoms with Crippen LogP contribution >= 0.6 is 0 Å². The molecule has 150 valence electrons. The van der Waals surface area contributed by atoms with Crippen LogP contribution in [0, 0.1) is 0 Å². The Morgan fingerprint density at radius 2 is 1.86 bits per heavy atom. The number of carbonyl (C=O) groups is 1. The molecule has 0 atom stereocenters. The highest BCUT2D eigenvalue weighted by atomic mass is 19.3. The van der Waals surface area contributed by atoms with Gasteiger partial charge in [-0.1, -0.05) is 5.21 Å². The van der Waals surface area contributed by atoms with Crippen molar-refractivity contribution in [1.82, 2.24) is 29.9 Å². The minimum Gasteiger partial charge on any atom is -0.337 e. The fraction of sp³-hybridized carbons (Fsp3) is 0.316. The van der Waals surface area contributed by atoms with Crippen molar-refractivity contribution in [2.75, 3.05) is 13.1 Å². The Labute approximate surface area is 165 Å². The standard InChI is InChI=1S/C19H19F2N7O/c20-19(21)5-8-27(9-6-19)18(29)16-11-14(12-22)24-17(25-16)13-1-3-15(4-2-13)28-10-7-23-26-28/h1-4,7,10-11H,5-6,8-9,12,22H2. The maximum atomic E-state index is 13.4. The first-order chi connectivity index (χ1) is 13.9. The number of amides is 1. The summed E-state index contributed by atoms with van der Waals surface area (Å²) >= 11 is 0. The predicted molar refractivity (Wildman–Crippen MR) is 100 cm³/mol. The molecule has 0 unspecified atom stereocenters. The highest BCUT2D eigenvalue weighted by Gasteiger charge is 2.36. The van der Waals surface area contributed by atoms with E-state index in [1.165, 1.54) is 11.0 Å². The van der Waals surface area contributed by atoms with Gasteiger partial charge in [0.15, 0.2) is 5.82 Å². The Morgan fingerprint density at radius 1 is 1.14 bits per heavy atom. The molecule has 1 aliphatic heterocycles. The second-order valence-electron chi connectivity index (χ2n) is 6.81. The number of halogens is 2. The van der Waals surface area contributed by atoms with Gasteiger partial charge in [-0.25, -0.2) is 23.4 Å². The summed E-state index contributed by atoms with van der Waals surface area (Å²) in [5.74, 6) is -2.76. The number of piperidine rings is 1. The number of nitrogens with two attached hydrogens (primary N) is 1. The molecule has 3 aromatic rings. The summed E-state index contributed by atoms with van der Waals surface area (Å²) in [6.45, 7) is 0.121. The van der Waals surface area contributed by atoms with E-state index in [9.17, 15) is 13.6 Å². The van der Waals surface area contributed by atoms with Crippen LogP contribution in [0.4, 0.5) is 8.78 Å². The Hall–Kier alpha value is -3.27. The van der Waals surface area contributed by atoms with Gasteiger partial charge in [0.05, 0.1) is 23.8 Å². The van der Waals surface area contributed by atoms with E-state index in [1.54, 1.807) is 17.1 Å². The molecule has 29 heavy (non-hydrogen) atoms. The summed E-state index contributed by atoms with van der Waals surface area (Å²) in [4.78, 5) is 23.0. The number of rotatable bonds is 4. The fourth-order valence-corrected chi connectivity index (χ4v) is 3.15. The molecule has 3 heterocycles. The normalized spacial score (nSPS) is 16.0. The van der Waals surface area contributed by atoms with Crippen LogP contribution in [0.3, 0.4) is 0 Å². The van der Waals surface area contributed by atoms with Crippen LogP contribution < -0.4 is 5.73 Å². The number of hydrogen-bond acceptors (Lipinski definition) is 6. The molecule has 1 amide bonds. The molecule has 2 N–H and O–H groups in total. The predicted octanol–water partition coefficient (Wildman–Crippen LogP) is 2.05. The Bertz CT molecular complexity index is 996. The number of alkyl halides is 2. The molecule has 4 rings (SSSR count). The highest BCUT2D eigenvalue weighted by molar-refractivity contribution is 5.93. The number of benzene rings is 1. The van der Waals surface area contributed by atoms with E-state index in [0.717, 1.165) is 5.69 Å². The Balaban J connectivity index is 1.61. The Kier molecular flexibility index (Phi) is 5.01. The SMILES string of the molecule is NCc1cc(C(=O)N2CCC(F)(F)CC2)nc(-c2ccc(-n3ccnn3)cc2)n1. The highest BCUT2D eigenvalue weighted by Crippen LogP contribution is 2.28. The van der Waals surface area contributed by atoms with Crippen molar-refractivity contribution in [3.8, 4) is 17.1 Å². The van der Waals surface area contributed by atoms with Crippen molar-refractivity contribution in [1.29, 1.82) is 0 Å². The van der Waals surface area contributed by atoms with E-state index in [1.807, 2.05) is 24.3 Å². The summed E-state index contributed by atoms with van der Waals surface area (Å²) < 4.78 is 28.4. The average molecular weight is 399 g/mol. The van der Waals surface area contributed by atoms with Gasteiger partial charge >= 0.3 is 0 Å². The van der Waals surface area contributed by atoms with Crippen LogP contribution in [-0.4, -0.2) is 54.8 Å². The van der Waals surface area contributed by atoms with E-state index < -0.39 is 11.8 Å². The van der Waals surface area contributed by atoms with Crippen LogP contribution in [0.15, 0.2) is 42.7 Å². The molecular formula is C19H19F2N7O. The van der Waals surface area contributed by atoms with E-state index in [2.05, 4.69) is 20.3 Å². The first-order valence-electron chi connectivity index (χ1n) is 9.17. The minimum atomic E-state index is -2.72. The maximum absolute atomic E-state index is 13.4. The fourth-order valence-electron chi connectivity index (χ4n) is 3.15. The third-order valence-electron chi connectivity index (χ3n) is 4.80. The summed E-state index contributed by atoms with van der Waals surface area (Å²) in [5.41, 5.74) is 7.90.